The molecular formula is C36H52N2O10. The van der Waals surface area contributed by atoms with Crippen molar-refractivity contribution in [3.63, 3.8) is 0 Å². The van der Waals surface area contributed by atoms with Gasteiger partial charge in [-0.1, -0.05) is 75.7 Å². The molecule has 1 rings (SSSR count). The number of amides is 2. The van der Waals surface area contributed by atoms with Gasteiger partial charge in [-0.3, -0.25) is 14.4 Å². The topological polar surface area (TPSA) is 203 Å². The molecule has 0 saturated heterocycles. The zero-order chi connectivity index (χ0) is 35.8. The highest BCUT2D eigenvalue weighted by Crippen LogP contribution is 2.25. The standard InChI is InChI=1S/C36H52N2O10/c1-3-5-7-10-13-16-28(39)17-14-11-8-9-12-15-18-30(36(46,34(37)43)23-25-48-35(44)45)32(40)38-31(33(41)42)26-27-19-21-29(22-20-27)47-24-6-4-2/h15,18-22,30-31,46H,3,5,7-14,16-17,23-26H2,1-2H3,(H2,37,43)(H,38,40)(H,41,42)(H,44,45)/b18-15+/t30-,31+,36+/m1/s1. The molecule has 0 saturated carbocycles. The summed E-state index contributed by atoms with van der Waals surface area (Å²) < 4.78 is 9.91. The molecule has 0 fully saturated rings. The third-order valence-corrected chi connectivity index (χ3v) is 7.86. The summed E-state index contributed by atoms with van der Waals surface area (Å²) in [5, 5.41) is 32.4. The number of hydrogen-bond acceptors (Lipinski definition) is 8. The molecule has 3 atom stereocenters. The normalized spacial score (nSPS) is 13.4. The molecule has 0 aromatic heterocycles. The van der Waals surface area contributed by atoms with Crippen LogP contribution in [0.1, 0.15) is 103 Å². The van der Waals surface area contributed by atoms with Crippen molar-refractivity contribution in [2.75, 3.05) is 13.2 Å². The number of aliphatic hydroxyl groups is 1. The zero-order valence-electron chi connectivity index (χ0n) is 28.2. The number of Topliss-reactive ketones (excluding diaryl/α,β-unsaturated/α-hetero) is 1. The summed E-state index contributed by atoms with van der Waals surface area (Å²) in [6.45, 7) is 3.40. The van der Waals surface area contributed by atoms with Crippen LogP contribution in [0.2, 0.25) is 0 Å². The molecular weight excluding hydrogens is 620 g/mol. The first kappa shape index (κ1) is 41.7. The third-order valence-electron chi connectivity index (χ3n) is 7.86. The van der Waals surface area contributed by atoms with Crippen molar-refractivity contribution in [2.45, 2.75) is 115 Å². The minimum atomic E-state index is -2.57. The van der Waals surface area contributed by atoms with Gasteiger partial charge in [-0.25, -0.2) is 9.59 Å². The number of carbonyl (C=O) groups excluding carboxylic acids is 3. The molecule has 1 aromatic carbocycles. The van der Waals surface area contributed by atoms with Crippen molar-refractivity contribution in [2.24, 2.45) is 11.7 Å². The Labute approximate surface area is 283 Å². The van der Waals surface area contributed by atoms with E-state index in [2.05, 4.69) is 28.8 Å². The van der Waals surface area contributed by atoms with Crippen molar-refractivity contribution in [1.29, 1.82) is 0 Å². The summed E-state index contributed by atoms with van der Waals surface area (Å²) in [5.74, 6) is 1.01. The van der Waals surface area contributed by atoms with Crippen LogP contribution in [0.25, 0.3) is 0 Å². The smallest absolute Gasteiger partial charge is 0.481 e. The van der Waals surface area contributed by atoms with Gasteiger partial charge in [-0.05, 0) is 50.3 Å². The second-order valence-electron chi connectivity index (χ2n) is 11.7. The maximum absolute atomic E-state index is 13.5. The number of nitrogens with one attached hydrogen (secondary N) is 1. The van der Waals surface area contributed by atoms with Gasteiger partial charge in [-0.15, -0.1) is 5.92 Å². The number of ether oxygens (including phenoxy) is 2. The fraction of sp³-hybridized carbons (Fsp3) is 0.583. The fourth-order valence-corrected chi connectivity index (χ4v) is 5.02. The molecule has 48 heavy (non-hydrogen) atoms. The molecule has 0 aliphatic heterocycles. The lowest BCUT2D eigenvalue weighted by Gasteiger charge is -2.31. The molecule has 1 aromatic rings. The summed E-state index contributed by atoms with van der Waals surface area (Å²) >= 11 is 0. The largest absolute Gasteiger partial charge is 0.505 e. The lowest BCUT2D eigenvalue weighted by atomic mass is 9.82. The monoisotopic (exact) mass is 672 g/mol. The minimum Gasteiger partial charge on any atom is -0.481 e. The molecule has 266 valence electrons. The lowest BCUT2D eigenvalue weighted by Crippen LogP contribution is -2.57. The van der Waals surface area contributed by atoms with E-state index in [4.69, 9.17) is 15.6 Å². The molecule has 0 heterocycles. The summed E-state index contributed by atoms with van der Waals surface area (Å²) in [6, 6.07) is 5.13. The van der Waals surface area contributed by atoms with Gasteiger partial charge in [0.15, 0.2) is 5.60 Å². The van der Waals surface area contributed by atoms with Crippen LogP contribution < -0.4 is 15.8 Å². The van der Waals surface area contributed by atoms with Gasteiger partial charge in [0.2, 0.25) is 5.91 Å². The highest BCUT2D eigenvalue weighted by molar-refractivity contribution is 5.94. The van der Waals surface area contributed by atoms with Crippen LogP contribution in [0.5, 0.6) is 5.75 Å². The number of primary amides is 1. The fourth-order valence-electron chi connectivity index (χ4n) is 5.02. The Morgan fingerprint density at radius 3 is 2.15 bits per heavy atom. The van der Waals surface area contributed by atoms with E-state index in [1.165, 1.54) is 18.9 Å². The molecule has 0 aliphatic rings. The number of allylic oxidation sites excluding steroid dienone is 1. The molecule has 0 bridgehead atoms. The number of hydrogen-bond donors (Lipinski definition) is 5. The van der Waals surface area contributed by atoms with Crippen molar-refractivity contribution in [3.05, 3.63) is 42.0 Å². The summed E-state index contributed by atoms with van der Waals surface area (Å²) in [6.07, 6.45) is 10.8. The van der Waals surface area contributed by atoms with E-state index in [0.717, 1.165) is 38.5 Å². The van der Waals surface area contributed by atoms with E-state index < -0.39 is 54.5 Å². The number of nitrogens with two attached hydrogens (primary N) is 1. The maximum Gasteiger partial charge on any atom is 0.505 e. The second-order valence-corrected chi connectivity index (χ2v) is 11.7. The molecule has 0 spiro atoms. The van der Waals surface area contributed by atoms with Crippen LogP contribution in [-0.4, -0.2) is 69.9 Å². The quantitative estimate of drug-likeness (QED) is 0.0388. The summed E-state index contributed by atoms with van der Waals surface area (Å²) in [5.41, 5.74) is 3.48. The van der Waals surface area contributed by atoms with Crippen molar-refractivity contribution in [1.82, 2.24) is 5.32 Å². The number of carboxylic acid groups (broad SMARTS) is 2. The van der Waals surface area contributed by atoms with Gasteiger partial charge in [0.25, 0.3) is 5.91 Å². The lowest BCUT2D eigenvalue weighted by molar-refractivity contribution is -0.151. The van der Waals surface area contributed by atoms with Gasteiger partial charge >= 0.3 is 12.1 Å². The number of ketones is 1. The van der Waals surface area contributed by atoms with E-state index in [-0.39, 0.29) is 18.8 Å². The van der Waals surface area contributed by atoms with Crippen LogP contribution >= 0.6 is 0 Å². The van der Waals surface area contributed by atoms with Gasteiger partial charge in [0.1, 0.15) is 24.2 Å². The van der Waals surface area contributed by atoms with Crippen molar-refractivity contribution < 1.29 is 48.8 Å². The third kappa shape index (κ3) is 17.0. The average molecular weight is 673 g/mol. The van der Waals surface area contributed by atoms with Crippen molar-refractivity contribution in [3.8, 4) is 17.6 Å². The average Bonchev–Trinajstić information content (AvgIpc) is 3.04. The Hall–Kier alpha value is -4.37. The molecule has 2 amide bonds. The van der Waals surface area contributed by atoms with Gasteiger partial charge in [0, 0.05) is 25.7 Å². The first-order chi connectivity index (χ1) is 22.9. The van der Waals surface area contributed by atoms with Crippen LogP contribution in [0.3, 0.4) is 0 Å². The number of carbonyl (C=O) groups is 5. The zero-order valence-corrected chi connectivity index (χ0v) is 28.2. The Bertz CT molecular complexity index is 1250. The maximum atomic E-state index is 13.5. The Morgan fingerprint density at radius 1 is 0.958 bits per heavy atom. The molecule has 0 radical (unpaired) electrons. The van der Waals surface area contributed by atoms with E-state index >= 15 is 0 Å². The van der Waals surface area contributed by atoms with E-state index in [1.54, 1.807) is 37.3 Å². The number of benzene rings is 1. The van der Waals surface area contributed by atoms with Gasteiger partial charge in [-0.2, -0.15) is 0 Å². The van der Waals surface area contributed by atoms with Crippen LogP contribution in [0, 0.1) is 17.8 Å². The van der Waals surface area contributed by atoms with E-state index in [0.29, 0.717) is 37.0 Å². The van der Waals surface area contributed by atoms with Gasteiger partial charge < -0.3 is 35.8 Å². The van der Waals surface area contributed by atoms with Crippen LogP contribution in [-0.2, 0) is 30.3 Å². The predicted octanol–water partition coefficient (Wildman–Crippen LogP) is 4.94. The molecule has 6 N–H and O–H groups in total. The minimum absolute atomic E-state index is 0.120. The summed E-state index contributed by atoms with van der Waals surface area (Å²) in [7, 11) is 0. The first-order valence-corrected chi connectivity index (χ1v) is 16.6. The Kier molecular flexibility index (Phi) is 20.7. The number of carboxylic acids is 1. The van der Waals surface area contributed by atoms with Gasteiger partial charge in [0.05, 0.1) is 12.5 Å². The van der Waals surface area contributed by atoms with Crippen LogP contribution in [0.4, 0.5) is 4.79 Å². The predicted molar refractivity (Wildman–Crippen MR) is 180 cm³/mol. The number of unbranched alkanes of at least 4 members (excludes halogenated alkanes) is 8. The SMILES string of the molecule is CC#CCOc1ccc(C[C@H](NC(=O)[C@@H](/C=C/CCCCCCC(=O)CCCCCCC)[C@@](O)(CCOC(=O)O)C(N)=O)C(=O)O)cc1. The van der Waals surface area contributed by atoms with Crippen molar-refractivity contribution >= 4 is 29.7 Å². The second kappa shape index (κ2) is 23.9. The van der Waals surface area contributed by atoms with E-state index in [1.807, 2.05) is 0 Å². The highest BCUT2D eigenvalue weighted by Gasteiger charge is 2.46. The molecule has 12 nitrogen and oxygen atoms in total. The molecule has 0 aliphatic carbocycles. The number of rotatable bonds is 26. The Balaban J connectivity index is 2.89. The highest BCUT2D eigenvalue weighted by atomic mass is 16.7. The molecule has 12 heteroatoms. The summed E-state index contributed by atoms with van der Waals surface area (Å²) in [4.78, 5) is 61.0. The Morgan fingerprint density at radius 2 is 1.58 bits per heavy atom. The first-order valence-electron chi connectivity index (χ1n) is 16.6. The van der Waals surface area contributed by atoms with E-state index in [9.17, 15) is 34.2 Å². The van der Waals surface area contributed by atoms with Crippen LogP contribution in [0.15, 0.2) is 36.4 Å². The molecule has 0 unspecified atom stereocenters. The number of aliphatic carboxylic acids is 1.